The number of imidazole rings is 1. The molecule has 0 amide bonds. The van der Waals surface area contributed by atoms with Crippen LogP contribution in [-0.2, 0) is 24.9 Å². The van der Waals surface area contributed by atoms with E-state index >= 15 is 0 Å². The van der Waals surface area contributed by atoms with E-state index in [1.807, 2.05) is 28.8 Å². The van der Waals surface area contributed by atoms with E-state index in [1.54, 1.807) is 25.9 Å². The van der Waals surface area contributed by atoms with Gasteiger partial charge in [-0.15, -0.1) is 0 Å². The van der Waals surface area contributed by atoms with E-state index in [1.165, 1.54) is 9.13 Å². The molecular weight excluding hydrogens is 436 g/mol. The van der Waals surface area contributed by atoms with Crippen LogP contribution >= 0.6 is 23.4 Å². The quantitative estimate of drug-likeness (QED) is 0.454. The molecule has 0 spiro atoms. The van der Waals surface area contributed by atoms with E-state index < -0.39 is 0 Å². The molecule has 1 aliphatic carbocycles. The number of fused-ring (bicyclic) bond motifs is 1. The minimum absolute atomic E-state index is 0.189. The maximum absolute atomic E-state index is 13.5. The number of hydrogen-bond acceptors (Lipinski definition) is 5. The van der Waals surface area contributed by atoms with Crippen LogP contribution < -0.4 is 11.2 Å². The van der Waals surface area contributed by atoms with E-state index in [-0.39, 0.29) is 16.9 Å². The summed E-state index contributed by atoms with van der Waals surface area (Å²) < 4.78 is 10.3. The normalized spacial score (nSPS) is 15.0. The number of aryl methyl sites for hydroxylation is 1. The zero-order valence-corrected chi connectivity index (χ0v) is 19.6. The maximum Gasteiger partial charge on any atom is 0.332 e. The predicted octanol–water partition coefficient (Wildman–Crippen LogP) is 3.67. The van der Waals surface area contributed by atoms with Crippen molar-refractivity contribution in [3.63, 3.8) is 0 Å². The molecular formula is C22H27ClN4O3S. The van der Waals surface area contributed by atoms with Gasteiger partial charge in [0.25, 0.3) is 5.56 Å². The highest BCUT2D eigenvalue weighted by atomic mass is 35.5. The second-order valence-corrected chi connectivity index (χ2v) is 9.56. The third kappa shape index (κ3) is 4.33. The molecule has 0 unspecified atom stereocenters. The second-order valence-electron chi connectivity index (χ2n) is 8.06. The average molecular weight is 463 g/mol. The molecule has 0 saturated heterocycles. The van der Waals surface area contributed by atoms with Gasteiger partial charge in [0.05, 0.1) is 12.1 Å². The fourth-order valence-electron chi connectivity index (χ4n) is 3.78. The Hall–Kier alpha value is -2.03. The average Bonchev–Trinajstić information content (AvgIpc) is 3.46. The van der Waals surface area contributed by atoms with Crippen LogP contribution in [0.5, 0.6) is 0 Å². The van der Waals surface area contributed by atoms with Crippen LogP contribution in [-0.4, -0.2) is 37.1 Å². The van der Waals surface area contributed by atoms with Crippen molar-refractivity contribution < 1.29 is 4.74 Å². The summed E-state index contributed by atoms with van der Waals surface area (Å²) in [5.41, 5.74) is 1.07. The van der Waals surface area contributed by atoms with E-state index in [2.05, 4.69) is 11.9 Å². The number of ether oxygens (including phenoxy) is 1. The molecule has 166 valence electrons. The lowest BCUT2D eigenvalue weighted by molar-refractivity contribution is 0.0683. The smallest absolute Gasteiger partial charge is 0.332 e. The SMILES string of the molecule is CCCSc1nc2c(c(=O)n(CCC3(OC)CC3)c(=O)n2C)n1Cc1ccc(Cl)cc1. The van der Waals surface area contributed by atoms with E-state index in [9.17, 15) is 9.59 Å². The Morgan fingerprint density at radius 3 is 2.52 bits per heavy atom. The van der Waals surface area contributed by atoms with Crippen molar-refractivity contribution in [1.82, 2.24) is 18.7 Å². The van der Waals surface area contributed by atoms with Crippen LogP contribution in [0.2, 0.25) is 5.02 Å². The van der Waals surface area contributed by atoms with E-state index in [0.717, 1.165) is 35.7 Å². The number of thioether (sulfide) groups is 1. The number of halogens is 1. The molecule has 7 nitrogen and oxygen atoms in total. The highest BCUT2D eigenvalue weighted by Gasteiger charge is 2.42. The molecule has 31 heavy (non-hydrogen) atoms. The minimum atomic E-state index is -0.340. The van der Waals surface area contributed by atoms with Gasteiger partial charge in [-0.1, -0.05) is 42.4 Å². The first-order valence-electron chi connectivity index (χ1n) is 10.5. The lowest BCUT2D eigenvalue weighted by Gasteiger charge is -2.15. The van der Waals surface area contributed by atoms with Crippen molar-refractivity contribution in [2.75, 3.05) is 12.9 Å². The molecule has 3 aromatic rings. The first-order valence-corrected chi connectivity index (χ1v) is 11.9. The van der Waals surface area contributed by atoms with Gasteiger partial charge in [-0.2, -0.15) is 0 Å². The van der Waals surface area contributed by atoms with Gasteiger partial charge in [-0.3, -0.25) is 13.9 Å². The zero-order valence-electron chi connectivity index (χ0n) is 18.1. The third-order valence-corrected chi connectivity index (χ3v) is 7.35. The zero-order chi connectivity index (χ0) is 22.2. The summed E-state index contributed by atoms with van der Waals surface area (Å²) in [4.78, 5) is 31.2. The Kier molecular flexibility index (Phi) is 6.32. The number of nitrogens with zero attached hydrogens (tertiary/aromatic N) is 4. The van der Waals surface area contributed by atoms with Gasteiger partial charge in [0, 0.05) is 31.5 Å². The Balaban J connectivity index is 1.83. The molecule has 0 aliphatic heterocycles. The van der Waals surface area contributed by atoms with Crippen LogP contribution in [0, 0.1) is 0 Å². The van der Waals surface area contributed by atoms with Crippen LogP contribution in [0.15, 0.2) is 39.0 Å². The van der Waals surface area contributed by atoms with Crippen molar-refractivity contribution >= 4 is 34.5 Å². The summed E-state index contributed by atoms with van der Waals surface area (Å²) in [5.74, 6) is 0.877. The number of benzene rings is 1. The fourth-order valence-corrected chi connectivity index (χ4v) is 4.76. The summed E-state index contributed by atoms with van der Waals surface area (Å²) in [6, 6.07) is 7.56. The van der Waals surface area contributed by atoms with Gasteiger partial charge < -0.3 is 9.30 Å². The molecule has 0 atom stereocenters. The molecule has 0 N–H and O–H groups in total. The number of methoxy groups -OCH3 is 1. The molecule has 0 bridgehead atoms. The van der Waals surface area contributed by atoms with Crippen LogP contribution in [0.3, 0.4) is 0 Å². The Morgan fingerprint density at radius 2 is 1.90 bits per heavy atom. The number of rotatable bonds is 9. The largest absolute Gasteiger partial charge is 0.378 e. The lowest BCUT2D eigenvalue weighted by Crippen LogP contribution is -2.40. The topological polar surface area (TPSA) is 71.1 Å². The molecule has 2 aromatic heterocycles. The van der Waals surface area contributed by atoms with Gasteiger partial charge in [-0.05, 0) is 43.4 Å². The van der Waals surface area contributed by atoms with Gasteiger partial charge in [-0.25, -0.2) is 9.78 Å². The first-order chi connectivity index (χ1) is 14.9. The van der Waals surface area contributed by atoms with E-state index in [0.29, 0.717) is 35.7 Å². The number of hydrogen-bond donors (Lipinski definition) is 0. The summed E-state index contributed by atoms with van der Waals surface area (Å²) in [7, 11) is 3.37. The standard InChI is InChI=1S/C22H27ClN4O3S/c1-4-13-31-20-24-18-17(27(20)14-15-5-7-16(23)8-6-15)19(28)26(21(29)25(18)2)12-11-22(30-3)9-10-22/h5-8H,4,9-14H2,1-3H3. The molecule has 1 aromatic carbocycles. The van der Waals surface area contributed by atoms with Crippen LogP contribution in [0.25, 0.3) is 11.2 Å². The highest BCUT2D eigenvalue weighted by Crippen LogP contribution is 2.42. The van der Waals surface area contributed by atoms with Gasteiger partial charge in [0.2, 0.25) is 0 Å². The Labute approximate surface area is 190 Å². The molecule has 4 rings (SSSR count). The summed E-state index contributed by atoms with van der Waals surface area (Å²) in [5, 5.41) is 1.41. The highest BCUT2D eigenvalue weighted by molar-refractivity contribution is 7.99. The molecule has 1 saturated carbocycles. The van der Waals surface area contributed by atoms with Crippen LogP contribution in [0.1, 0.15) is 38.2 Å². The number of aromatic nitrogens is 4. The fraction of sp³-hybridized carbons (Fsp3) is 0.500. The summed E-state index contributed by atoms with van der Waals surface area (Å²) in [6.45, 7) is 2.92. The van der Waals surface area contributed by atoms with Crippen molar-refractivity contribution in [3.05, 3.63) is 55.7 Å². The molecule has 0 radical (unpaired) electrons. The van der Waals surface area contributed by atoms with Gasteiger partial charge in [0.15, 0.2) is 16.3 Å². The van der Waals surface area contributed by atoms with Gasteiger partial charge >= 0.3 is 5.69 Å². The predicted molar refractivity (Wildman–Crippen MR) is 124 cm³/mol. The monoisotopic (exact) mass is 462 g/mol. The van der Waals surface area contributed by atoms with Crippen molar-refractivity contribution in [2.24, 2.45) is 7.05 Å². The summed E-state index contributed by atoms with van der Waals surface area (Å²) in [6.07, 6.45) is 3.56. The molecule has 9 heteroatoms. The minimum Gasteiger partial charge on any atom is -0.378 e. The third-order valence-electron chi connectivity index (χ3n) is 5.92. The van der Waals surface area contributed by atoms with Crippen molar-refractivity contribution in [1.29, 1.82) is 0 Å². The second kappa shape index (κ2) is 8.84. The van der Waals surface area contributed by atoms with Crippen molar-refractivity contribution in [2.45, 2.75) is 56.5 Å². The summed E-state index contributed by atoms with van der Waals surface area (Å²) >= 11 is 7.63. The maximum atomic E-state index is 13.5. The Morgan fingerprint density at radius 1 is 1.19 bits per heavy atom. The molecule has 2 heterocycles. The first kappa shape index (κ1) is 22.2. The lowest BCUT2D eigenvalue weighted by atomic mass is 10.2. The van der Waals surface area contributed by atoms with Gasteiger partial charge in [0.1, 0.15) is 0 Å². The Bertz CT molecular complexity index is 1210. The molecule has 1 fully saturated rings. The van der Waals surface area contributed by atoms with Crippen molar-refractivity contribution in [3.8, 4) is 0 Å². The molecule has 1 aliphatic rings. The van der Waals surface area contributed by atoms with E-state index in [4.69, 9.17) is 16.3 Å². The van der Waals surface area contributed by atoms with Crippen LogP contribution in [0.4, 0.5) is 0 Å².